The lowest BCUT2D eigenvalue weighted by atomic mass is 9.94. The highest BCUT2D eigenvalue weighted by atomic mass is 16.5. The molecular weight excluding hydrogens is 258 g/mol. The molecule has 0 bridgehead atoms. The van der Waals surface area contributed by atoms with Crippen LogP contribution >= 0.6 is 0 Å². The number of hydrogen-bond acceptors (Lipinski definition) is 5. The zero-order chi connectivity index (χ0) is 14.1. The van der Waals surface area contributed by atoms with E-state index in [4.69, 9.17) is 4.74 Å². The number of aliphatic hydroxyl groups excluding tert-OH is 3. The number of pyridine rings is 1. The van der Waals surface area contributed by atoms with E-state index in [1.165, 1.54) is 0 Å². The lowest BCUT2D eigenvalue weighted by Gasteiger charge is -2.36. The lowest BCUT2D eigenvalue weighted by Crippen LogP contribution is -2.47. The number of ether oxygens (including phenoxy) is 1. The van der Waals surface area contributed by atoms with Gasteiger partial charge in [0.25, 0.3) is 0 Å². The van der Waals surface area contributed by atoms with Crippen molar-refractivity contribution in [3.63, 3.8) is 0 Å². The number of benzene rings is 1. The van der Waals surface area contributed by atoms with Crippen molar-refractivity contribution in [2.75, 3.05) is 6.61 Å². The van der Waals surface area contributed by atoms with Crippen molar-refractivity contribution in [3.05, 3.63) is 42.2 Å². The maximum Gasteiger partial charge on any atom is 0.110 e. The first-order chi connectivity index (χ1) is 9.70. The van der Waals surface area contributed by atoms with Crippen LogP contribution in [0.2, 0.25) is 0 Å². The third kappa shape index (κ3) is 2.29. The Kier molecular flexibility index (Phi) is 3.67. The molecule has 1 aliphatic heterocycles. The molecule has 1 aliphatic rings. The highest BCUT2D eigenvalue weighted by molar-refractivity contribution is 5.84. The largest absolute Gasteiger partial charge is 0.394 e. The molecule has 2 aromatic rings. The molecule has 0 spiro atoms. The summed E-state index contributed by atoms with van der Waals surface area (Å²) in [7, 11) is 0. The summed E-state index contributed by atoms with van der Waals surface area (Å²) >= 11 is 0. The molecule has 0 radical (unpaired) electrons. The van der Waals surface area contributed by atoms with Crippen molar-refractivity contribution in [2.45, 2.75) is 30.8 Å². The molecule has 1 aromatic carbocycles. The molecule has 3 N–H and O–H groups in total. The number of aromatic nitrogens is 1. The standard InChI is InChI=1S/C15H17NO4/c17-8-13-15(19)11(18)7-12(20-13)14-10-4-2-1-3-9(10)5-6-16-14/h1-6,11-13,15,17-19H,7-8H2/t11-,12+,13-,15+/m1/s1. The van der Waals surface area contributed by atoms with Gasteiger partial charge in [0.05, 0.1) is 18.4 Å². The molecule has 3 rings (SSSR count). The summed E-state index contributed by atoms with van der Waals surface area (Å²) in [5.41, 5.74) is 0.729. The third-order valence-corrected chi connectivity index (χ3v) is 3.76. The molecule has 2 heterocycles. The molecule has 1 fully saturated rings. The van der Waals surface area contributed by atoms with Crippen LogP contribution in [0.5, 0.6) is 0 Å². The molecular formula is C15H17NO4. The fourth-order valence-corrected chi connectivity index (χ4v) is 2.68. The van der Waals surface area contributed by atoms with E-state index in [2.05, 4.69) is 4.98 Å². The molecule has 0 unspecified atom stereocenters. The summed E-state index contributed by atoms with van der Waals surface area (Å²) in [5.74, 6) is 0. The Balaban J connectivity index is 1.99. The Morgan fingerprint density at radius 2 is 2.00 bits per heavy atom. The Morgan fingerprint density at radius 1 is 1.20 bits per heavy atom. The Morgan fingerprint density at radius 3 is 2.80 bits per heavy atom. The van der Waals surface area contributed by atoms with Gasteiger partial charge >= 0.3 is 0 Å². The quantitative estimate of drug-likeness (QED) is 0.754. The number of hydrogen-bond donors (Lipinski definition) is 3. The van der Waals surface area contributed by atoms with Gasteiger partial charge < -0.3 is 20.1 Å². The topological polar surface area (TPSA) is 82.8 Å². The van der Waals surface area contributed by atoms with Gasteiger partial charge in [-0.05, 0) is 11.5 Å². The molecule has 0 aliphatic carbocycles. The van der Waals surface area contributed by atoms with Crippen LogP contribution in [0.15, 0.2) is 36.5 Å². The molecule has 20 heavy (non-hydrogen) atoms. The van der Waals surface area contributed by atoms with Gasteiger partial charge in [-0.15, -0.1) is 0 Å². The van der Waals surface area contributed by atoms with E-state index in [1.807, 2.05) is 30.3 Å². The highest BCUT2D eigenvalue weighted by Gasteiger charge is 2.37. The van der Waals surface area contributed by atoms with Gasteiger partial charge in [0.15, 0.2) is 0 Å². The molecule has 0 amide bonds. The first-order valence-corrected chi connectivity index (χ1v) is 6.67. The van der Waals surface area contributed by atoms with Crippen molar-refractivity contribution >= 4 is 10.8 Å². The molecule has 5 heteroatoms. The van der Waals surface area contributed by atoms with Gasteiger partial charge in [-0.1, -0.05) is 24.3 Å². The van der Waals surface area contributed by atoms with E-state index in [0.29, 0.717) is 0 Å². The summed E-state index contributed by atoms with van der Waals surface area (Å²) in [4.78, 5) is 4.36. The molecule has 5 nitrogen and oxygen atoms in total. The van der Waals surface area contributed by atoms with Crippen molar-refractivity contribution < 1.29 is 20.1 Å². The lowest BCUT2D eigenvalue weighted by molar-refractivity contribution is -0.182. The summed E-state index contributed by atoms with van der Waals surface area (Å²) < 4.78 is 5.69. The highest BCUT2D eigenvalue weighted by Crippen LogP contribution is 2.34. The Bertz CT molecular complexity index is 598. The second-order valence-electron chi connectivity index (χ2n) is 5.06. The second kappa shape index (κ2) is 5.46. The minimum absolute atomic E-state index is 0.263. The number of rotatable bonds is 2. The van der Waals surface area contributed by atoms with Crippen LogP contribution in [-0.4, -0.2) is 45.2 Å². The second-order valence-corrected chi connectivity index (χ2v) is 5.06. The summed E-state index contributed by atoms with van der Waals surface area (Å²) in [6.07, 6.45) is -1.25. The molecule has 1 aromatic heterocycles. The van der Waals surface area contributed by atoms with E-state index in [-0.39, 0.29) is 13.0 Å². The first-order valence-electron chi connectivity index (χ1n) is 6.67. The van der Waals surface area contributed by atoms with E-state index >= 15 is 0 Å². The van der Waals surface area contributed by atoms with Gasteiger partial charge in [0, 0.05) is 18.0 Å². The van der Waals surface area contributed by atoms with Crippen molar-refractivity contribution in [2.24, 2.45) is 0 Å². The van der Waals surface area contributed by atoms with E-state index in [0.717, 1.165) is 16.5 Å². The molecule has 4 atom stereocenters. The SMILES string of the molecule is OC[C@H]1O[C@H](c2nccc3ccccc23)C[C@@H](O)[C@@H]1O. The van der Waals surface area contributed by atoms with Crippen molar-refractivity contribution in [1.29, 1.82) is 0 Å². The van der Waals surface area contributed by atoms with Crippen LogP contribution in [0.3, 0.4) is 0 Å². The maximum absolute atomic E-state index is 9.91. The first kappa shape index (κ1) is 13.5. The van der Waals surface area contributed by atoms with Gasteiger partial charge in [0.2, 0.25) is 0 Å². The summed E-state index contributed by atoms with van der Waals surface area (Å²) in [5, 5.41) is 30.9. The Hall–Kier alpha value is -1.53. The van der Waals surface area contributed by atoms with Gasteiger partial charge in [-0.25, -0.2) is 0 Å². The summed E-state index contributed by atoms with van der Waals surface area (Å²) in [6, 6.07) is 9.72. The van der Waals surface area contributed by atoms with Crippen LogP contribution in [0.25, 0.3) is 10.8 Å². The predicted molar refractivity (Wildman–Crippen MR) is 73.1 cm³/mol. The van der Waals surface area contributed by atoms with Crippen LogP contribution in [0.1, 0.15) is 18.2 Å². The van der Waals surface area contributed by atoms with Gasteiger partial charge in [-0.2, -0.15) is 0 Å². The zero-order valence-electron chi connectivity index (χ0n) is 10.9. The van der Waals surface area contributed by atoms with Gasteiger partial charge in [0.1, 0.15) is 18.3 Å². The maximum atomic E-state index is 9.91. The molecule has 106 valence electrons. The minimum Gasteiger partial charge on any atom is -0.394 e. The van der Waals surface area contributed by atoms with Crippen LogP contribution in [-0.2, 0) is 4.74 Å². The summed E-state index contributed by atoms with van der Waals surface area (Å²) in [6.45, 7) is -0.334. The fourth-order valence-electron chi connectivity index (χ4n) is 2.68. The van der Waals surface area contributed by atoms with Gasteiger partial charge in [-0.3, -0.25) is 4.98 Å². The molecule has 1 saturated heterocycles. The average Bonchev–Trinajstić information content (AvgIpc) is 2.49. The Labute approximate surface area is 116 Å². The predicted octanol–water partition coefficient (Wildman–Crippen LogP) is 0.779. The molecule has 0 saturated carbocycles. The number of nitrogens with zero attached hydrogens (tertiary/aromatic N) is 1. The number of aliphatic hydroxyl groups is 3. The van der Waals surface area contributed by atoms with E-state index < -0.39 is 24.4 Å². The van der Waals surface area contributed by atoms with Crippen molar-refractivity contribution in [1.82, 2.24) is 4.98 Å². The smallest absolute Gasteiger partial charge is 0.110 e. The van der Waals surface area contributed by atoms with Crippen LogP contribution in [0, 0.1) is 0 Å². The minimum atomic E-state index is -1.06. The monoisotopic (exact) mass is 275 g/mol. The average molecular weight is 275 g/mol. The van der Waals surface area contributed by atoms with E-state index in [9.17, 15) is 15.3 Å². The van der Waals surface area contributed by atoms with E-state index in [1.54, 1.807) is 6.20 Å². The van der Waals surface area contributed by atoms with Crippen LogP contribution < -0.4 is 0 Å². The normalized spacial score (nSPS) is 30.6. The van der Waals surface area contributed by atoms with Crippen LogP contribution in [0.4, 0.5) is 0 Å². The zero-order valence-corrected chi connectivity index (χ0v) is 10.9. The third-order valence-electron chi connectivity index (χ3n) is 3.76. The fraction of sp³-hybridized carbons (Fsp3) is 0.400. The van der Waals surface area contributed by atoms with Crippen molar-refractivity contribution in [3.8, 4) is 0 Å². The number of fused-ring (bicyclic) bond motifs is 1.